The highest BCUT2D eigenvalue weighted by atomic mass is 16.6. The molecule has 0 aliphatic heterocycles. The highest BCUT2D eigenvalue weighted by molar-refractivity contribution is 5.84. The van der Waals surface area contributed by atoms with E-state index in [1.165, 1.54) is 16.7 Å². The lowest BCUT2D eigenvalue weighted by Crippen LogP contribution is -2.40. The molecule has 2 aromatic carbocycles. The van der Waals surface area contributed by atoms with Gasteiger partial charge in [-0.15, -0.1) is 0 Å². The van der Waals surface area contributed by atoms with Crippen LogP contribution in [-0.4, -0.2) is 23.0 Å². The average molecular weight is 393 g/mol. The van der Waals surface area contributed by atoms with Crippen LogP contribution in [0, 0.1) is 5.92 Å². The number of rotatable bonds is 6. The quantitative estimate of drug-likeness (QED) is 0.567. The van der Waals surface area contributed by atoms with Gasteiger partial charge in [0.1, 0.15) is 6.61 Å². The highest BCUT2D eigenvalue weighted by Gasteiger charge is 2.36. The van der Waals surface area contributed by atoms with Crippen molar-refractivity contribution in [2.24, 2.45) is 16.8 Å². The van der Waals surface area contributed by atoms with Crippen LogP contribution in [0.15, 0.2) is 53.7 Å². The van der Waals surface area contributed by atoms with Gasteiger partial charge in [-0.1, -0.05) is 53.7 Å². The lowest BCUT2D eigenvalue weighted by Gasteiger charge is -2.26. The summed E-state index contributed by atoms with van der Waals surface area (Å²) in [7, 11) is 0. The molecule has 1 fully saturated rings. The number of aliphatic hydroxyl groups is 1. The standard InChI is InChI=1S/C25H32N2O2/c1-18(27-29-16-19-5-3-2-4-6-19)20-7-8-22-14-23(10-9-21(22)13-20)24-11-12-25(26,15-24)17-28/h2-6,9-10,14,20,24,28H,7-8,11-13,15-17,26H2,1H3/b27-18+/t20?,24-,25+/m0/s1. The van der Waals surface area contributed by atoms with Crippen LogP contribution in [0.4, 0.5) is 0 Å². The van der Waals surface area contributed by atoms with Gasteiger partial charge in [-0.2, -0.15) is 0 Å². The third kappa shape index (κ3) is 4.71. The van der Waals surface area contributed by atoms with Crippen LogP contribution in [0.2, 0.25) is 0 Å². The molecule has 1 saturated carbocycles. The summed E-state index contributed by atoms with van der Waals surface area (Å²) in [6.07, 6.45) is 6.09. The van der Waals surface area contributed by atoms with Gasteiger partial charge in [0.15, 0.2) is 0 Å². The highest BCUT2D eigenvalue weighted by Crippen LogP contribution is 2.40. The number of benzene rings is 2. The van der Waals surface area contributed by atoms with E-state index >= 15 is 0 Å². The van der Waals surface area contributed by atoms with E-state index in [2.05, 4.69) is 42.4 Å². The Morgan fingerprint density at radius 3 is 2.76 bits per heavy atom. The second kappa shape index (κ2) is 8.68. The smallest absolute Gasteiger partial charge is 0.142 e. The Balaban J connectivity index is 1.37. The zero-order chi connectivity index (χ0) is 20.3. The first-order chi connectivity index (χ1) is 14.1. The average Bonchev–Trinajstić information content (AvgIpc) is 3.16. The van der Waals surface area contributed by atoms with E-state index < -0.39 is 0 Å². The molecule has 2 aliphatic carbocycles. The molecule has 4 rings (SSSR count). The maximum atomic E-state index is 9.54. The summed E-state index contributed by atoms with van der Waals surface area (Å²) in [4.78, 5) is 5.60. The Labute approximate surface area is 173 Å². The molecule has 154 valence electrons. The van der Waals surface area contributed by atoms with E-state index in [0.29, 0.717) is 18.4 Å². The fourth-order valence-corrected chi connectivity index (χ4v) is 4.83. The normalized spacial score (nSPS) is 26.9. The maximum Gasteiger partial charge on any atom is 0.142 e. The molecular formula is C25H32N2O2. The molecule has 2 aliphatic rings. The third-order valence-electron chi connectivity index (χ3n) is 6.76. The van der Waals surface area contributed by atoms with Gasteiger partial charge in [0.2, 0.25) is 0 Å². The number of aryl methyl sites for hydroxylation is 1. The molecule has 4 heteroatoms. The Hall–Kier alpha value is -2.17. The molecule has 3 atom stereocenters. The largest absolute Gasteiger partial charge is 0.394 e. The second-order valence-electron chi connectivity index (χ2n) is 8.92. The Morgan fingerprint density at radius 2 is 2.00 bits per heavy atom. The summed E-state index contributed by atoms with van der Waals surface area (Å²) >= 11 is 0. The van der Waals surface area contributed by atoms with Crippen LogP contribution >= 0.6 is 0 Å². The van der Waals surface area contributed by atoms with Gasteiger partial charge in [-0.05, 0) is 73.6 Å². The van der Waals surface area contributed by atoms with Crippen LogP contribution < -0.4 is 5.73 Å². The van der Waals surface area contributed by atoms with Gasteiger partial charge in [-0.3, -0.25) is 0 Å². The minimum atomic E-state index is -0.390. The second-order valence-corrected chi connectivity index (χ2v) is 8.92. The molecule has 1 unspecified atom stereocenters. The summed E-state index contributed by atoms with van der Waals surface area (Å²) in [5, 5.41) is 13.9. The van der Waals surface area contributed by atoms with E-state index in [0.717, 1.165) is 49.8 Å². The van der Waals surface area contributed by atoms with Crippen LogP contribution in [0.5, 0.6) is 0 Å². The number of nitrogens with two attached hydrogens (primary N) is 1. The summed E-state index contributed by atoms with van der Waals surface area (Å²) in [5.74, 6) is 0.923. The van der Waals surface area contributed by atoms with Crippen molar-refractivity contribution in [1.82, 2.24) is 0 Å². The van der Waals surface area contributed by atoms with Crippen molar-refractivity contribution in [2.75, 3.05) is 6.61 Å². The number of fused-ring (bicyclic) bond motifs is 1. The summed E-state index contributed by atoms with van der Waals surface area (Å²) < 4.78 is 0. The lowest BCUT2D eigenvalue weighted by atomic mass is 9.80. The Morgan fingerprint density at radius 1 is 1.17 bits per heavy atom. The molecule has 3 N–H and O–H groups in total. The van der Waals surface area contributed by atoms with Crippen molar-refractivity contribution < 1.29 is 9.94 Å². The Kier molecular flexibility index (Phi) is 6.02. The van der Waals surface area contributed by atoms with E-state index in [9.17, 15) is 5.11 Å². The number of hydrogen-bond donors (Lipinski definition) is 2. The summed E-state index contributed by atoms with van der Waals surface area (Å²) in [6, 6.07) is 17.1. The molecule has 0 heterocycles. The minimum absolute atomic E-state index is 0.0844. The number of nitrogens with zero attached hydrogens (tertiary/aromatic N) is 1. The van der Waals surface area contributed by atoms with Crippen LogP contribution in [0.25, 0.3) is 0 Å². The molecule has 0 radical (unpaired) electrons. The molecule has 4 nitrogen and oxygen atoms in total. The predicted molar refractivity (Wildman–Crippen MR) is 117 cm³/mol. The number of oxime groups is 1. The molecule has 2 aromatic rings. The Bertz CT molecular complexity index is 864. The topological polar surface area (TPSA) is 67.8 Å². The van der Waals surface area contributed by atoms with Gasteiger partial charge in [0, 0.05) is 11.5 Å². The molecule has 0 spiro atoms. The van der Waals surface area contributed by atoms with E-state index in [4.69, 9.17) is 10.6 Å². The first-order valence-electron chi connectivity index (χ1n) is 10.8. The van der Waals surface area contributed by atoms with Crippen LogP contribution in [-0.2, 0) is 24.3 Å². The summed E-state index contributed by atoms with van der Waals surface area (Å²) in [6.45, 7) is 2.69. The number of aliphatic hydroxyl groups excluding tert-OH is 1. The van der Waals surface area contributed by atoms with Gasteiger partial charge >= 0.3 is 0 Å². The molecule has 0 bridgehead atoms. The minimum Gasteiger partial charge on any atom is -0.394 e. The molecule has 29 heavy (non-hydrogen) atoms. The SMILES string of the molecule is C/C(=N\OCc1ccccc1)C1CCc2cc([C@H]3CC[C@](N)(CO)C3)ccc2C1. The van der Waals surface area contributed by atoms with Crippen molar-refractivity contribution in [3.8, 4) is 0 Å². The first kappa shape index (κ1) is 20.1. The zero-order valence-electron chi connectivity index (χ0n) is 17.3. The van der Waals surface area contributed by atoms with Crippen molar-refractivity contribution in [1.29, 1.82) is 0 Å². The van der Waals surface area contributed by atoms with Crippen molar-refractivity contribution in [3.05, 3.63) is 70.8 Å². The molecule has 0 aromatic heterocycles. The lowest BCUT2D eigenvalue weighted by molar-refractivity contribution is 0.128. The summed E-state index contributed by atoms with van der Waals surface area (Å²) in [5.41, 5.74) is 12.4. The van der Waals surface area contributed by atoms with Crippen molar-refractivity contribution in [2.45, 2.75) is 63.5 Å². The maximum absolute atomic E-state index is 9.54. The fourth-order valence-electron chi connectivity index (χ4n) is 4.83. The monoisotopic (exact) mass is 392 g/mol. The van der Waals surface area contributed by atoms with E-state index in [-0.39, 0.29) is 12.1 Å². The van der Waals surface area contributed by atoms with Crippen molar-refractivity contribution in [3.63, 3.8) is 0 Å². The zero-order valence-corrected chi connectivity index (χ0v) is 17.3. The predicted octanol–water partition coefficient (Wildman–Crippen LogP) is 4.34. The van der Waals surface area contributed by atoms with Crippen molar-refractivity contribution >= 4 is 5.71 Å². The van der Waals surface area contributed by atoms with Gasteiger partial charge < -0.3 is 15.7 Å². The fraction of sp³-hybridized carbons (Fsp3) is 0.480. The molecule has 0 amide bonds. The third-order valence-corrected chi connectivity index (χ3v) is 6.76. The van der Waals surface area contributed by atoms with E-state index in [1.807, 2.05) is 18.2 Å². The van der Waals surface area contributed by atoms with E-state index in [1.54, 1.807) is 0 Å². The number of hydrogen-bond acceptors (Lipinski definition) is 4. The molecule has 0 saturated heterocycles. The molecular weight excluding hydrogens is 360 g/mol. The van der Waals surface area contributed by atoms with Gasteiger partial charge in [0.25, 0.3) is 0 Å². The van der Waals surface area contributed by atoms with Crippen LogP contribution in [0.1, 0.15) is 60.8 Å². The van der Waals surface area contributed by atoms with Gasteiger partial charge in [-0.25, -0.2) is 0 Å². The van der Waals surface area contributed by atoms with Crippen LogP contribution in [0.3, 0.4) is 0 Å². The van der Waals surface area contributed by atoms with Gasteiger partial charge in [0.05, 0.1) is 12.3 Å². The first-order valence-corrected chi connectivity index (χ1v) is 10.8.